The third-order valence-corrected chi connectivity index (χ3v) is 7.51. The fourth-order valence-electron chi connectivity index (χ4n) is 4.39. The van der Waals surface area contributed by atoms with E-state index in [0.29, 0.717) is 38.2 Å². The number of nitrogens with zero attached hydrogens (tertiary/aromatic N) is 3. The van der Waals surface area contributed by atoms with Crippen molar-refractivity contribution >= 4 is 52.5 Å². The van der Waals surface area contributed by atoms with E-state index in [9.17, 15) is 4.79 Å². The lowest BCUT2D eigenvalue weighted by molar-refractivity contribution is -0.113. The first-order valence-corrected chi connectivity index (χ1v) is 13.5. The summed E-state index contributed by atoms with van der Waals surface area (Å²) >= 11 is 14.0. The second kappa shape index (κ2) is 10.6. The molecule has 1 atom stereocenters. The molecule has 1 aliphatic rings. The number of hydrogen-bond donors (Lipinski definition) is 2. The highest BCUT2D eigenvalue weighted by Gasteiger charge is 2.34. The van der Waals surface area contributed by atoms with Crippen LogP contribution >= 0.6 is 35.0 Å². The van der Waals surface area contributed by atoms with Crippen molar-refractivity contribution in [2.24, 2.45) is 0 Å². The number of halogens is 2. The molecule has 1 aliphatic heterocycles. The van der Waals surface area contributed by atoms with E-state index >= 15 is 0 Å². The first kappa shape index (κ1) is 25.4. The van der Waals surface area contributed by atoms with E-state index in [0.717, 1.165) is 27.9 Å². The minimum Gasteiger partial charge on any atom is -0.328 e. The van der Waals surface area contributed by atoms with Gasteiger partial charge in [-0.2, -0.15) is 4.98 Å². The van der Waals surface area contributed by atoms with Crippen LogP contribution in [-0.2, 0) is 10.5 Å². The summed E-state index contributed by atoms with van der Waals surface area (Å²) in [6, 6.07) is 20.7. The van der Waals surface area contributed by atoms with E-state index < -0.39 is 6.04 Å². The third-order valence-electron chi connectivity index (χ3n) is 6.13. The van der Waals surface area contributed by atoms with Crippen molar-refractivity contribution in [2.75, 3.05) is 10.6 Å². The topological polar surface area (TPSA) is 71.8 Å². The number of fused-ring (bicyclic) bond motifs is 1. The molecule has 0 saturated heterocycles. The molecule has 0 bridgehead atoms. The second-order valence-electron chi connectivity index (χ2n) is 8.97. The van der Waals surface area contributed by atoms with Gasteiger partial charge in [0.25, 0.3) is 5.91 Å². The number of carbonyl (C=O) groups excluding carboxylic acids is 1. The largest absolute Gasteiger partial charge is 0.328 e. The van der Waals surface area contributed by atoms with Gasteiger partial charge in [0.05, 0.1) is 5.57 Å². The van der Waals surface area contributed by atoms with Gasteiger partial charge >= 0.3 is 0 Å². The van der Waals surface area contributed by atoms with E-state index in [2.05, 4.69) is 10.6 Å². The maximum atomic E-state index is 13.7. The maximum absolute atomic E-state index is 13.7. The smallest absolute Gasteiger partial charge is 0.255 e. The van der Waals surface area contributed by atoms with Crippen molar-refractivity contribution in [1.82, 2.24) is 14.8 Å². The molecule has 1 amide bonds. The summed E-state index contributed by atoms with van der Waals surface area (Å²) in [6.45, 7) is 5.89. The van der Waals surface area contributed by atoms with Crippen molar-refractivity contribution in [3.8, 4) is 0 Å². The zero-order valence-electron chi connectivity index (χ0n) is 20.5. The molecule has 5 rings (SSSR count). The normalized spacial score (nSPS) is 14.8. The van der Waals surface area contributed by atoms with Crippen molar-refractivity contribution < 1.29 is 4.79 Å². The molecule has 1 aromatic heterocycles. The predicted molar refractivity (Wildman–Crippen MR) is 151 cm³/mol. The summed E-state index contributed by atoms with van der Waals surface area (Å²) in [7, 11) is 0. The first-order valence-electron chi connectivity index (χ1n) is 11.7. The average Bonchev–Trinajstić information content (AvgIpc) is 3.26. The number of allylic oxidation sites excluding steroid dienone is 1. The molecule has 4 aromatic rings. The fourth-order valence-corrected chi connectivity index (χ4v) is 5.57. The summed E-state index contributed by atoms with van der Waals surface area (Å²) in [6.07, 6.45) is 0. The summed E-state index contributed by atoms with van der Waals surface area (Å²) in [5, 5.41) is 13.0. The molecule has 0 saturated carbocycles. The van der Waals surface area contributed by atoms with Crippen LogP contribution in [0.1, 0.15) is 35.2 Å². The van der Waals surface area contributed by atoms with E-state index in [4.69, 9.17) is 33.3 Å². The second-order valence-corrected chi connectivity index (χ2v) is 10.8. The molecule has 0 fully saturated rings. The van der Waals surface area contributed by atoms with Crippen LogP contribution in [-0.4, -0.2) is 20.7 Å². The van der Waals surface area contributed by atoms with Gasteiger partial charge in [0.15, 0.2) is 0 Å². The van der Waals surface area contributed by atoms with E-state index in [-0.39, 0.29) is 5.91 Å². The number of aromatic nitrogens is 3. The number of amides is 1. The molecule has 37 heavy (non-hydrogen) atoms. The average molecular weight is 551 g/mol. The Balaban J connectivity index is 1.50. The number of rotatable bonds is 6. The summed E-state index contributed by atoms with van der Waals surface area (Å²) in [4.78, 5) is 18.4. The number of hydrogen-bond acceptors (Lipinski definition) is 5. The molecule has 188 valence electrons. The molecule has 0 unspecified atom stereocenters. The zero-order valence-corrected chi connectivity index (χ0v) is 22.9. The van der Waals surface area contributed by atoms with Crippen LogP contribution < -0.4 is 10.6 Å². The molecule has 6 nitrogen and oxygen atoms in total. The minimum absolute atomic E-state index is 0.212. The van der Waals surface area contributed by atoms with Crippen LogP contribution in [0.25, 0.3) is 0 Å². The molecule has 0 aliphatic carbocycles. The first-order chi connectivity index (χ1) is 17.8. The van der Waals surface area contributed by atoms with Gasteiger partial charge in [-0.1, -0.05) is 76.9 Å². The summed E-state index contributed by atoms with van der Waals surface area (Å²) in [5.41, 5.74) is 6.07. The monoisotopic (exact) mass is 549 g/mol. The van der Waals surface area contributed by atoms with Crippen molar-refractivity contribution in [1.29, 1.82) is 0 Å². The molecule has 0 spiro atoms. The SMILES string of the molecule is CC1=C(C(=O)Nc2ccc(C)cc2C)[C@@H](c2cccc(Cl)c2)n2nc(SCc3cccc(Cl)c3)nc2N1. The number of aryl methyl sites for hydroxylation is 2. The van der Waals surface area contributed by atoms with Crippen molar-refractivity contribution in [2.45, 2.75) is 37.7 Å². The van der Waals surface area contributed by atoms with Gasteiger partial charge in [-0.3, -0.25) is 4.79 Å². The quantitative estimate of drug-likeness (QED) is 0.245. The lowest BCUT2D eigenvalue weighted by Gasteiger charge is -2.29. The molecule has 0 radical (unpaired) electrons. The Labute approximate surface area is 230 Å². The lowest BCUT2D eigenvalue weighted by Crippen LogP contribution is -2.31. The highest BCUT2D eigenvalue weighted by Crippen LogP contribution is 2.38. The Kier molecular flexibility index (Phi) is 7.29. The Bertz CT molecular complexity index is 1530. The van der Waals surface area contributed by atoms with Gasteiger partial charge in [0, 0.05) is 27.2 Å². The van der Waals surface area contributed by atoms with E-state index in [1.54, 1.807) is 4.68 Å². The van der Waals surface area contributed by atoms with Crippen LogP contribution in [0.4, 0.5) is 11.6 Å². The number of thioether (sulfide) groups is 1. The van der Waals surface area contributed by atoms with Gasteiger partial charge in [0.1, 0.15) is 6.04 Å². The van der Waals surface area contributed by atoms with Gasteiger partial charge in [-0.25, -0.2) is 4.68 Å². The number of carbonyl (C=O) groups is 1. The highest BCUT2D eigenvalue weighted by atomic mass is 35.5. The third kappa shape index (κ3) is 5.54. The molecule has 2 heterocycles. The molecule has 3 aromatic carbocycles. The molecular formula is C28H25Cl2N5OS. The van der Waals surface area contributed by atoms with Crippen LogP contribution in [0.3, 0.4) is 0 Å². The van der Waals surface area contributed by atoms with E-state index in [1.807, 2.05) is 87.5 Å². The Hall–Kier alpha value is -3.26. The predicted octanol–water partition coefficient (Wildman–Crippen LogP) is 7.42. The van der Waals surface area contributed by atoms with Gasteiger partial charge in [0.2, 0.25) is 11.1 Å². The number of anilines is 2. The van der Waals surface area contributed by atoms with E-state index in [1.165, 1.54) is 11.8 Å². The summed E-state index contributed by atoms with van der Waals surface area (Å²) < 4.78 is 1.76. The highest BCUT2D eigenvalue weighted by molar-refractivity contribution is 7.98. The van der Waals surface area contributed by atoms with Gasteiger partial charge < -0.3 is 10.6 Å². The molecule has 9 heteroatoms. The van der Waals surface area contributed by atoms with Gasteiger partial charge in [-0.05, 0) is 67.8 Å². The van der Waals surface area contributed by atoms with Crippen LogP contribution in [0.5, 0.6) is 0 Å². The number of benzene rings is 3. The molecule has 2 N–H and O–H groups in total. The standard InChI is InChI=1S/C28H25Cl2N5OS/c1-16-10-11-23(17(2)12-16)32-26(36)24-18(3)31-27-33-28(37-15-19-6-4-8-21(29)13-19)34-35(27)25(24)20-7-5-9-22(30)14-20/h4-14,25H,15H2,1-3H3,(H,32,36)(H,31,33,34)/t25-/m1/s1. The van der Waals surface area contributed by atoms with Crippen molar-refractivity contribution in [3.63, 3.8) is 0 Å². The fraction of sp³-hybridized carbons (Fsp3) is 0.179. The molecular weight excluding hydrogens is 525 g/mol. The Morgan fingerprint density at radius 1 is 1.03 bits per heavy atom. The van der Waals surface area contributed by atoms with Crippen LogP contribution in [0, 0.1) is 13.8 Å². The van der Waals surface area contributed by atoms with Crippen molar-refractivity contribution in [3.05, 3.63) is 110 Å². The zero-order chi connectivity index (χ0) is 26.1. The maximum Gasteiger partial charge on any atom is 0.255 e. The van der Waals surface area contributed by atoms with Gasteiger partial charge in [-0.15, -0.1) is 5.10 Å². The summed E-state index contributed by atoms with van der Waals surface area (Å²) in [5.74, 6) is 1.02. The Morgan fingerprint density at radius 2 is 1.78 bits per heavy atom. The Morgan fingerprint density at radius 3 is 2.51 bits per heavy atom. The number of nitrogens with one attached hydrogen (secondary N) is 2. The van der Waals surface area contributed by atoms with Crippen LogP contribution in [0.2, 0.25) is 10.0 Å². The minimum atomic E-state index is -0.506. The van der Waals surface area contributed by atoms with Crippen LogP contribution in [0.15, 0.2) is 83.2 Å². The lowest BCUT2D eigenvalue weighted by atomic mass is 9.95.